The van der Waals surface area contributed by atoms with Crippen LogP contribution in [0.4, 0.5) is 0 Å². The minimum absolute atomic E-state index is 0.515. The summed E-state index contributed by atoms with van der Waals surface area (Å²) in [5, 5.41) is 0. The van der Waals surface area contributed by atoms with Crippen LogP contribution in [0.1, 0.15) is 27.7 Å². The van der Waals surface area contributed by atoms with E-state index < -0.39 is 8.32 Å². The van der Waals surface area contributed by atoms with Crippen molar-refractivity contribution in [3.8, 4) is 0 Å². The van der Waals surface area contributed by atoms with Gasteiger partial charge in [-0.15, -0.1) is 0 Å². The van der Waals surface area contributed by atoms with Gasteiger partial charge in [-0.2, -0.15) is 0 Å². The smallest absolute Gasteiger partial charge is 0.241 e. The number of rotatable bonds is 3. The highest BCUT2D eigenvalue weighted by Crippen LogP contribution is 2.20. The normalized spacial score (nSPS) is 11.7. The maximum atomic E-state index is 5.98. The molecule has 0 rings (SSSR count). The summed E-state index contributed by atoms with van der Waals surface area (Å²) in [6.45, 7) is 15.3. The molecule has 0 aromatic heterocycles. The molecule has 0 aromatic rings. The fourth-order valence-corrected chi connectivity index (χ4v) is 2.23. The molecule has 0 radical (unpaired) electrons. The van der Waals surface area contributed by atoms with Gasteiger partial charge in [-0.25, -0.2) is 0 Å². The van der Waals surface area contributed by atoms with Crippen molar-refractivity contribution in [3.63, 3.8) is 0 Å². The zero-order valence-electron chi connectivity index (χ0n) is 9.49. The molecular weight excluding hydrogens is 164 g/mol. The second kappa shape index (κ2) is 4.12. The Morgan fingerprint density at radius 3 is 1.58 bits per heavy atom. The lowest BCUT2D eigenvalue weighted by Gasteiger charge is -2.25. The van der Waals surface area contributed by atoms with Gasteiger partial charge in [-0.3, -0.25) is 0 Å². The van der Waals surface area contributed by atoms with Gasteiger partial charge in [0.15, 0.2) is 0 Å². The molecule has 0 saturated heterocycles. The van der Waals surface area contributed by atoms with Gasteiger partial charge < -0.3 is 4.43 Å². The van der Waals surface area contributed by atoms with E-state index >= 15 is 0 Å². The van der Waals surface area contributed by atoms with Crippen LogP contribution in [0.3, 0.4) is 0 Å². The van der Waals surface area contributed by atoms with Gasteiger partial charge in [0.2, 0.25) is 8.32 Å². The largest absolute Gasteiger partial charge is 0.547 e. The van der Waals surface area contributed by atoms with Crippen LogP contribution in [-0.2, 0) is 4.43 Å². The standard InChI is InChI=1S/C10H22OSi/c1-8(2)10(9(3)4)11-12(5,6)7/h8H,1-7H3. The average molecular weight is 186 g/mol. The van der Waals surface area contributed by atoms with Gasteiger partial charge in [-0.05, 0) is 39.1 Å². The van der Waals surface area contributed by atoms with Crippen LogP contribution in [-0.4, -0.2) is 8.32 Å². The topological polar surface area (TPSA) is 9.23 Å². The van der Waals surface area contributed by atoms with E-state index in [4.69, 9.17) is 4.43 Å². The van der Waals surface area contributed by atoms with E-state index in [1.54, 1.807) is 0 Å². The fraction of sp³-hybridized carbons (Fsp3) is 0.800. The van der Waals surface area contributed by atoms with Gasteiger partial charge in [0.25, 0.3) is 0 Å². The molecule has 0 fully saturated rings. The summed E-state index contributed by atoms with van der Waals surface area (Å²) in [4.78, 5) is 0. The van der Waals surface area contributed by atoms with Crippen LogP contribution in [0.25, 0.3) is 0 Å². The second-order valence-corrected chi connectivity index (χ2v) is 9.16. The molecule has 0 aromatic carbocycles. The molecule has 0 atom stereocenters. The van der Waals surface area contributed by atoms with Crippen molar-refractivity contribution >= 4 is 8.32 Å². The van der Waals surface area contributed by atoms with Gasteiger partial charge in [0, 0.05) is 5.92 Å². The highest BCUT2D eigenvalue weighted by atomic mass is 28.4. The third-order valence-corrected chi connectivity index (χ3v) is 2.27. The van der Waals surface area contributed by atoms with E-state index in [9.17, 15) is 0 Å². The van der Waals surface area contributed by atoms with Gasteiger partial charge in [-0.1, -0.05) is 13.8 Å². The van der Waals surface area contributed by atoms with Crippen LogP contribution in [0, 0.1) is 5.92 Å². The molecule has 2 heteroatoms. The maximum absolute atomic E-state index is 5.98. The first kappa shape index (κ1) is 11.8. The zero-order chi connectivity index (χ0) is 9.94. The lowest BCUT2D eigenvalue weighted by Crippen LogP contribution is -2.26. The van der Waals surface area contributed by atoms with Crippen molar-refractivity contribution in [2.45, 2.75) is 47.3 Å². The van der Waals surface area contributed by atoms with E-state index in [-0.39, 0.29) is 0 Å². The SMILES string of the molecule is CC(C)=C(O[Si](C)(C)C)C(C)C. The summed E-state index contributed by atoms with van der Waals surface area (Å²) in [5.41, 5.74) is 1.31. The van der Waals surface area contributed by atoms with Gasteiger partial charge in [0.1, 0.15) is 0 Å². The molecule has 0 bridgehead atoms. The molecule has 0 unspecified atom stereocenters. The van der Waals surface area contributed by atoms with Crippen LogP contribution in [0.5, 0.6) is 0 Å². The first-order chi connectivity index (χ1) is 5.24. The Kier molecular flexibility index (Phi) is 4.04. The zero-order valence-corrected chi connectivity index (χ0v) is 10.5. The monoisotopic (exact) mass is 186 g/mol. The Morgan fingerprint density at radius 1 is 1.08 bits per heavy atom. The summed E-state index contributed by atoms with van der Waals surface area (Å²) < 4.78 is 5.98. The molecule has 0 saturated carbocycles. The summed E-state index contributed by atoms with van der Waals surface area (Å²) in [6, 6.07) is 0. The Balaban J connectivity index is 4.49. The fourth-order valence-electron chi connectivity index (χ4n) is 1.13. The summed E-state index contributed by atoms with van der Waals surface area (Å²) in [5.74, 6) is 1.70. The molecule has 0 aliphatic rings. The number of hydrogen-bond donors (Lipinski definition) is 0. The first-order valence-corrected chi connectivity index (χ1v) is 8.01. The van der Waals surface area contributed by atoms with Gasteiger partial charge in [0.05, 0.1) is 5.76 Å². The summed E-state index contributed by atoms with van der Waals surface area (Å²) >= 11 is 0. The van der Waals surface area contributed by atoms with E-state index in [1.165, 1.54) is 11.3 Å². The van der Waals surface area contributed by atoms with E-state index in [0.717, 1.165) is 0 Å². The van der Waals surface area contributed by atoms with Crippen molar-refractivity contribution in [2.24, 2.45) is 5.92 Å². The Labute approximate surface area is 78.0 Å². The minimum atomic E-state index is -1.40. The van der Waals surface area contributed by atoms with Crippen molar-refractivity contribution in [3.05, 3.63) is 11.3 Å². The van der Waals surface area contributed by atoms with Crippen LogP contribution >= 0.6 is 0 Å². The van der Waals surface area contributed by atoms with E-state index in [0.29, 0.717) is 5.92 Å². The van der Waals surface area contributed by atoms with Crippen molar-refractivity contribution in [1.29, 1.82) is 0 Å². The lowest BCUT2D eigenvalue weighted by atomic mass is 10.1. The van der Waals surface area contributed by atoms with Crippen molar-refractivity contribution in [2.75, 3.05) is 0 Å². The molecule has 0 aliphatic carbocycles. The number of allylic oxidation sites excluding steroid dienone is 2. The number of hydrogen-bond acceptors (Lipinski definition) is 1. The third-order valence-electron chi connectivity index (χ3n) is 1.43. The molecule has 1 nitrogen and oxygen atoms in total. The third kappa shape index (κ3) is 4.60. The quantitative estimate of drug-likeness (QED) is 0.481. The average Bonchev–Trinajstić information content (AvgIpc) is 1.79. The van der Waals surface area contributed by atoms with Crippen LogP contribution in [0.2, 0.25) is 19.6 Å². The highest BCUT2D eigenvalue weighted by Gasteiger charge is 2.19. The van der Waals surface area contributed by atoms with Gasteiger partial charge >= 0.3 is 0 Å². The molecule has 0 amide bonds. The molecule has 0 heterocycles. The second-order valence-electron chi connectivity index (χ2n) is 4.73. The highest BCUT2D eigenvalue weighted by molar-refractivity contribution is 6.70. The Hall–Kier alpha value is -0.243. The molecule has 72 valence electrons. The summed E-state index contributed by atoms with van der Waals surface area (Å²) in [7, 11) is -1.40. The van der Waals surface area contributed by atoms with Crippen molar-refractivity contribution < 1.29 is 4.43 Å². The van der Waals surface area contributed by atoms with E-state index in [1.807, 2.05) is 0 Å². The molecule has 0 aliphatic heterocycles. The predicted molar refractivity (Wildman–Crippen MR) is 57.6 cm³/mol. The Morgan fingerprint density at radius 2 is 1.50 bits per heavy atom. The predicted octanol–water partition coefficient (Wildman–Crippen LogP) is 3.79. The molecule has 0 N–H and O–H groups in total. The molecule has 0 spiro atoms. The van der Waals surface area contributed by atoms with Crippen molar-refractivity contribution in [1.82, 2.24) is 0 Å². The minimum Gasteiger partial charge on any atom is -0.547 e. The first-order valence-electron chi connectivity index (χ1n) is 4.60. The van der Waals surface area contributed by atoms with Crippen LogP contribution < -0.4 is 0 Å². The van der Waals surface area contributed by atoms with E-state index in [2.05, 4.69) is 47.3 Å². The maximum Gasteiger partial charge on any atom is 0.241 e. The van der Waals surface area contributed by atoms with Crippen LogP contribution in [0.15, 0.2) is 11.3 Å². The summed E-state index contributed by atoms with van der Waals surface area (Å²) in [6.07, 6.45) is 0. The lowest BCUT2D eigenvalue weighted by molar-refractivity contribution is 0.357. The Bertz CT molecular complexity index is 171. The molecule has 12 heavy (non-hydrogen) atoms. The molecular formula is C10H22OSi.